The molecule has 0 spiro atoms. The highest BCUT2D eigenvalue weighted by atomic mass is 35.5. The van der Waals surface area contributed by atoms with Gasteiger partial charge < -0.3 is 21.7 Å². The first kappa shape index (κ1) is 20.1. The zero-order chi connectivity index (χ0) is 20.6. The van der Waals surface area contributed by atoms with Crippen molar-refractivity contribution >= 4 is 23.3 Å². The number of benzene rings is 1. The van der Waals surface area contributed by atoms with Gasteiger partial charge in [-0.1, -0.05) is 23.7 Å². The van der Waals surface area contributed by atoms with E-state index in [1.54, 1.807) is 6.20 Å². The second-order valence-corrected chi connectivity index (χ2v) is 8.59. The Kier molecular flexibility index (Phi) is 5.46. The number of aromatic nitrogens is 2. The highest BCUT2D eigenvalue weighted by molar-refractivity contribution is 6.31. The van der Waals surface area contributed by atoms with Gasteiger partial charge in [-0.3, -0.25) is 4.79 Å². The molecule has 154 valence electrons. The van der Waals surface area contributed by atoms with Crippen LogP contribution in [0.3, 0.4) is 0 Å². The summed E-state index contributed by atoms with van der Waals surface area (Å²) >= 11 is 6.29. The first-order valence-corrected chi connectivity index (χ1v) is 10.4. The highest BCUT2D eigenvalue weighted by Crippen LogP contribution is 2.33. The van der Waals surface area contributed by atoms with Crippen molar-refractivity contribution in [3.63, 3.8) is 0 Å². The Morgan fingerprint density at radius 3 is 2.86 bits per heavy atom. The summed E-state index contributed by atoms with van der Waals surface area (Å²) in [4.78, 5) is 23.9. The number of carbonyl (C=O) groups is 1. The minimum Gasteiger partial charge on any atom is -0.356 e. The van der Waals surface area contributed by atoms with Crippen molar-refractivity contribution in [1.29, 1.82) is 0 Å². The highest BCUT2D eigenvalue weighted by Gasteiger charge is 2.45. The van der Waals surface area contributed by atoms with Crippen molar-refractivity contribution in [3.05, 3.63) is 40.5 Å². The molecule has 2 heterocycles. The third-order valence-corrected chi connectivity index (χ3v) is 6.28. The van der Waals surface area contributed by atoms with Gasteiger partial charge in [0.25, 0.3) is 0 Å². The molecule has 2 aromatic rings. The molecule has 2 fully saturated rings. The molecule has 4 rings (SSSR count). The van der Waals surface area contributed by atoms with Gasteiger partial charge in [0.2, 0.25) is 5.91 Å². The molecular formula is C21H27ClN6O. The van der Waals surface area contributed by atoms with E-state index in [2.05, 4.69) is 15.2 Å². The Morgan fingerprint density at radius 1 is 1.41 bits per heavy atom. The maximum absolute atomic E-state index is 12.3. The van der Waals surface area contributed by atoms with Gasteiger partial charge in [0, 0.05) is 42.0 Å². The summed E-state index contributed by atoms with van der Waals surface area (Å²) in [6, 6.07) is 5.82. The first-order valence-electron chi connectivity index (χ1n) is 10.0. The van der Waals surface area contributed by atoms with Crippen LogP contribution in [0.2, 0.25) is 5.02 Å². The summed E-state index contributed by atoms with van der Waals surface area (Å²) < 4.78 is 0. The van der Waals surface area contributed by atoms with Gasteiger partial charge >= 0.3 is 0 Å². The number of hydrogen-bond acceptors (Lipinski definition) is 6. The van der Waals surface area contributed by atoms with Crippen molar-refractivity contribution in [2.45, 2.75) is 38.3 Å². The Bertz CT molecular complexity index is 929. The Hall–Kier alpha value is -2.22. The Labute approximate surface area is 175 Å². The SMILES string of the molecule is Cc1ccc(-c2ncc(CNC(=O)C3(N)CC3)c(N3CCC(CN)C3)n2)cc1Cl. The number of halogens is 1. The van der Waals surface area contributed by atoms with Crippen molar-refractivity contribution in [2.75, 3.05) is 24.5 Å². The van der Waals surface area contributed by atoms with Gasteiger partial charge in [-0.25, -0.2) is 9.97 Å². The summed E-state index contributed by atoms with van der Waals surface area (Å²) in [7, 11) is 0. The zero-order valence-corrected chi connectivity index (χ0v) is 17.4. The van der Waals surface area contributed by atoms with E-state index in [0.717, 1.165) is 54.9 Å². The second-order valence-electron chi connectivity index (χ2n) is 8.18. The number of rotatable bonds is 6. The molecule has 1 saturated heterocycles. The van der Waals surface area contributed by atoms with Crippen LogP contribution in [0.1, 0.15) is 30.4 Å². The van der Waals surface area contributed by atoms with E-state index >= 15 is 0 Å². The first-order chi connectivity index (χ1) is 13.9. The molecule has 1 unspecified atom stereocenters. The Morgan fingerprint density at radius 2 is 2.21 bits per heavy atom. The number of nitrogens with one attached hydrogen (secondary N) is 1. The van der Waals surface area contributed by atoms with Crippen LogP contribution in [-0.4, -0.2) is 41.0 Å². The molecule has 2 aliphatic rings. The van der Waals surface area contributed by atoms with Crippen molar-refractivity contribution in [3.8, 4) is 11.4 Å². The van der Waals surface area contributed by atoms with E-state index in [-0.39, 0.29) is 5.91 Å². The molecule has 1 atom stereocenters. The number of anilines is 1. The maximum Gasteiger partial charge on any atom is 0.240 e. The van der Waals surface area contributed by atoms with Gasteiger partial charge in [0.05, 0.1) is 5.54 Å². The van der Waals surface area contributed by atoms with Crippen molar-refractivity contribution in [2.24, 2.45) is 17.4 Å². The summed E-state index contributed by atoms with van der Waals surface area (Å²) in [5.41, 5.74) is 13.9. The Balaban J connectivity index is 1.62. The van der Waals surface area contributed by atoms with Crippen LogP contribution >= 0.6 is 11.6 Å². The fourth-order valence-electron chi connectivity index (χ4n) is 3.60. The molecule has 8 heteroatoms. The molecule has 1 aromatic carbocycles. The molecule has 1 saturated carbocycles. The number of carbonyl (C=O) groups excluding carboxylic acids is 1. The summed E-state index contributed by atoms with van der Waals surface area (Å²) in [6.07, 6.45) is 4.29. The zero-order valence-electron chi connectivity index (χ0n) is 16.6. The lowest BCUT2D eigenvalue weighted by Crippen LogP contribution is -2.42. The third kappa shape index (κ3) is 4.22. The molecule has 29 heavy (non-hydrogen) atoms. The van der Waals surface area contributed by atoms with E-state index in [9.17, 15) is 4.79 Å². The molecule has 0 bridgehead atoms. The molecule has 1 aromatic heterocycles. The number of aryl methyl sites for hydroxylation is 1. The fourth-order valence-corrected chi connectivity index (χ4v) is 3.78. The van der Waals surface area contributed by atoms with Gasteiger partial charge in [-0.15, -0.1) is 0 Å². The lowest BCUT2D eigenvalue weighted by Gasteiger charge is -2.22. The topological polar surface area (TPSA) is 110 Å². The van der Waals surface area contributed by atoms with Crippen LogP contribution in [0.5, 0.6) is 0 Å². The van der Waals surface area contributed by atoms with Gasteiger partial charge in [-0.2, -0.15) is 0 Å². The summed E-state index contributed by atoms with van der Waals surface area (Å²) in [5, 5.41) is 3.64. The van der Waals surface area contributed by atoms with Gasteiger partial charge in [0.15, 0.2) is 5.82 Å². The smallest absolute Gasteiger partial charge is 0.240 e. The predicted molar refractivity (Wildman–Crippen MR) is 115 cm³/mol. The van der Waals surface area contributed by atoms with Crippen LogP contribution < -0.4 is 21.7 Å². The van der Waals surface area contributed by atoms with Crippen molar-refractivity contribution in [1.82, 2.24) is 15.3 Å². The van der Waals surface area contributed by atoms with Crippen LogP contribution in [0.4, 0.5) is 5.82 Å². The molecule has 1 amide bonds. The molecular weight excluding hydrogens is 388 g/mol. The van der Waals surface area contributed by atoms with E-state index in [0.29, 0.717) is 29.9 Å². The fraction of sp³-hybridized carbons (Fsp3) is 0.476. The number of nitrogens with zero attached hydrogens (tertiary/aromatic N) is 3. The van der Waals surface area contributed by atoms with E-state index in [1.807, 2.05) is 25.1 Å². The average molecular weight is 415 g/mol. The van der Waals surface area contributed by atoms with Gasteiger partial charge in [0.1, 0.15) is 5.82 Å². The van der Waals surface area contributed by atoms with Crippen LogP contribution in [0.25, 0.3) is 11.4 Å². The number of amides is 1. The maximum atomic E-state index is 12.3. The standard InChI is InChI=1S/C21H27ClN6O/c1-13-2-3-15(8-17(13)22)18-25-10-16(11-26-20(29)21(24)5-6-21)19(27-18)28-7-4-14(9-23)12-28/h2-3,8,10,14H,4-7,9,11-12,23-24H2,1H3,(H,26,29). The lowest BCUT2D eigenvalue weighted by molar-refractivity contribution is -0.123. The normalized spacial score (nSPS) is 20.0. The summed E-state index contributed by atoms with van der Waals surface area (Å²) in [5.74, 6) is 1.79. The van der Waals surface area contributed by atoms with Crippen molar-refractivity contribution < 1.29 is 4.79 Å². The molecule has 1 aliphatic carbocycles. The van der Waals surface area contributed by atoms with Gasteiger partial charge in [-0.05, 0) is 50.3 Å². The minimum atomic E-state index is -0.697. The lowest BCUT2D eigenvalue weighted by atomic mass is 10.1. The quantitative estimate of drug-likeness (QED) is 0.666. The second kappa shape index (κ2) is 7.89. The molecule has 0 radical (unpaired) electrons. The predicted octanol–water partition coefficient (Wildman–Crippen LogP) is 2.00. The largest absolute Gasteiger partial charge is 0.356 e. The molecule has 1 aliphatic heterocycles. The van der Waals surface area contributed by atoms with E-state index in [1.165, 1.54) is 0 Å². The monoisotopic (exact) mass is 414 g/mol. The van der Waals surface area contributed by atoms with Crippen LogP contribution in [0.15, 0.2) is 24.4 Å². The third-order valence-electron chi connectivity index (χ3n) is 5.87. The van der Waals surface area contributed by atoms with E-state index < -0.39 is 5.54 Å². The van der Waals surface area contributed by atoms with Crippen LogP contribution in [0, 0.1) is 12.8 Å². The van der Waals surface area contributed by atoms with E-state index in [4.69, 9.17) is 28.1 Å². The minimum absolute atomic E-state index is 0.112. The molecule has 7 nitrogen and oxygen atoms in total. The number of hydrogen-bond donors (Lipinski definition) is 3. The van der Waals surface area contributed by atoms with Crippen LogP contribution in [-0.2, 0) is 11.3 Å². The average Bonchev–Trinajstić information content (AvgIpc) is 3.30. The number of nitrogens with two attached hydrogens (primary N) is 2. The molecule has 5 N–H and O–H groups in total. The summed E-state index contributed by atoms with van der Waals surface area (Å²) in [6.45, 7) is 4.71.